The predicted octanol–water partition coefficient (Wildman–Crippen LogP) is 3.62. The van der Waals surface area contributed by atoms with Crippen LogP contribution in [0, 0.1) is 18.8 Å². The summed E-state index contributed by atoms with van der Waals surface area (Å²) in [6.07, 6.45) is 0.438. The quantitative estimate of drug-likeness (QED) is 0.763. The highest BCUT2D eigenvalue weighted by Crippen LogP contribution is 2.20. The number of Topliss-reactive ketones (excluding diaryl/α,β-unsaturated/α-hetero) is 2. The van der Waals surface area contributed by atoms with Gasteiger partial charge in [0.15, 0.2) is 0 Å². The molecule has 1 aromatic carbocycles. The summed E-state index contributed by atoms with van der Waals surface area (Å²) in [5.41, 5.74) is 1.98. The van der Waals surface area contributed by atoms with E-state index in [1.54, 1.807) is 0 Å². The van der Waals surface area contributed by atoms with Gasteiger partial charge in [0.05, 0.1) is 5.92 Å². The number of hydrogen-bond donors (Lipinski definition) is 0. The lowest BCUT2D eigenvalue weighted by Gasteiger charge is -2.15. The Bertz CT molecular complexity index is 443. The largest absolute Gasteiger partial charge is 0.299 e. The lowest BCUT2D eigenvalue weighted by atomic mass is 9.86. The lowest BCUT2D eigenvalue weighted by molar-refractivity contribution is -0.133. The summed E-state index contributed by atoms with van der Waals surface area (Å²) in [4.78, 5) is 23.6. The Kier molecular flexibility index (Phi) is 5.09. The lowest BCUT2D eigenvalue weighted by Crippen LogP contribution is -2.28. The van der Waals surface area contributed by atoms with Crippen molar-refractivity contribution in [2.24, 2.45) is 11.8 Å². The van der Waals surface area contributed by atoms with Crippen molar-refractivity contribution in [2.45, 2.75) is 34.1 Å². The van der Waals surface area contributed by atoms with E-state index in [0.717, 1.165) is 11.1 Å². The third-order valence-corrected chi connectivity index (χ3v) is 3.16. The van der Waals surface area contributed by atoms with Gasteiger partial charge in [-0.05, 0) is 43.5 Å². The minimum Gasteiger partial charge on any atom is -0.299 e. The van der Waals surface area contributed by atoms with Gasteiger partial charge in [-0.3, -0.25) is 9.59 Å². The fourth-order valence-corrected chi connectivity index (χ4v) is 2.32. The number of ketones is 2. The molecule has 0 radical (unpaired) electrons. The smallest absolute Gasteiger partial charge is 0.146 e. The summed E-state index contributed by atoms with van der Waals surface area (Å²) in [5.74, 6) is -0.756. The van der Waals surface area contributed by atoms with E-state index in [9.17, 15) is 9.59 Å². The molecule has 0 saturated carbocycles. The molecule has 1 rings (SSSR count). The minimum absolute atomic E-state index is 0.000119. The molecule has 0 amide bonds. The maximum atomic E-state index is 12.0. The van der Waals surface area contributed by atoms with Crippen molar-refractivity contribution in [2.75, 3.05) is 0 Å². The van der Waals surface area contributed by atoms with Crippen LogP contribution < -0.4 is 0 Å². The summed E-state index contributed by atoms with van der Waals surface area (Å²) in [6.45, 7) is 7.06. The highest BCUT2D eigenvalue weighted by atomic mass is 35.5. The second kappa shape index (κ2) is 6.14. The first-order valence-electron chi connectivity index (χ1n) is 6.11. The van der Waals surface area contributed by atoms with E-state index in [1.165, 1.54) is 6.92 Å². The fourth-order valence-electron chi connectivity index (χ4n) is 2.01. The summed E-state index contributed by atoms with van der Waals surface area (Å²) in [5, 5.41) is 0.643. The number of carbonyl (C=O) groups is 2. The highest BCUT2D eigenvalue weighted by molar-refractivity contribution is 6.30. The molecule has 0 saturated heterocycles. The molecule has 1 aromatic rings. The molecule has 1 unspecified atom stereocenters. The van der Waals surface area contributed by atoms with E-state index in [0.29, 0.717) is 11.4 Å². The Labute approximate surface area is 113 Å². The first-order valence-corrected chi connectivity index (χ1v) is 6.49. The molecule has 0 spiro atoms. The third-order valence-electron chi connectivity index (χ3n) is 2.94. The molecule has 18 heavy (non-hydrogen) atoms. The van der Waals surface area contributed by atoms with E-state index in [2.05, 4.69) is 0 Å². The Hall–Kier alpha value is -1.15. The number of hydrogen-bond acceptors (Lipinski definition) is 2. The predicted molar refractivity (Wildman–Crippen MR) is 73.9 cm³/mol. The van der Waals surface area contributed by atoms with E-state index < -0.39 is 5.92 Å². The average molecular weight is 267 g/mol. The first kappa shape index (κ1) is 14.9. The van der Waals surface area contributed by atoms with Gasteiger partial charge in [-0.1, -0.05) is 31.5 Å². The number of rotatable bonds is 5. The van der Waals surface area contributed by atoms with Crippen molar-refractivity contribution in [3.05, 3.63) is 34.3 Å². The molecule has 0 fully saturated rings. The van der Waals surface area contributed by atoms with Gasteiger partial charge in [0.25, 0.3) is 0 Å². The van der Waals surface area contributed by atoms with Crippen LogP contribution in [0.15, 0.2) is 18.2 Å². The average Bonchev–Trinajstić information content (AvgIpc) is 2.23. The maximum Gasteiger partial charge on any atom is 0.146 e. The first-order chi connectivity index (χ1) is 8.31. The van der Waals surface area contributed by atoms with Crippen molar-refractivity contribution < 1.29 is 9.59 Å². The van der Waals surface area contributed by atoms with Crippen molar-refractivity contribution in [3.8, 4) is 0 Å². The van der Waals surface area contributed by atoms with Gasteiger partial charge in [0.1, 0.15) is 11.6 Å². The van der Waals surface area contributed by atoms with Gasteiger partial charge < -0.3 is 0 Å². The van der Waals surface area contributed by atoms with Crippen LogP contribution in [0.4, 0.5) is 0 Å². The molecule has 0 aliphatic heterocycles. The van der Waals surface area contributed by atoms with Gasteiger partial charge >= 0.3 is 0 Å². The third kappa shape index (κ3) is 3.95. The molecule has 98 valence electrons. The van der Waals surface area contributed by atoms with E-state index in [1.807, 2.05) is 39.0 Å². The van der Waals surface area contributed by atoms with Crippen molar-refractivity contribution in [1.29, 1.82) is 0 Å². The number of benzene rings is 1. The molecule has 1 atom stereocenters. The number of halogens is 1. The minimum atomic E-state index is -0.553. The fraction of sp³-hybridized carbons (Fsp3) is 0.467. The molecule has 0 N–H and O–H groups in total. The molecule has 0 bridgehead atoms. The maximum absolute atomic E-state index is 12.0. The molecule has 0 aliphatic rings. The molecular formula is C15H19ClO2. The van der Waals surface area contributed by atoms with Crippen LogP contribution in [0.3, 0.4) is 0 Å². The molecule has 0 aromatic heterocycles. The molecule has 2 nitrogen and oxygen atoms in total. The Morgan fingerprint density at radius 3 is 2.28 bits per heavy atom. The van der Waals surface area contributed by atoms with E-state index in [-0.39, 0.29) is 17.5 Å². The number of aryl methyl sites for hydroxylation is 1. The Balaban J connectivity index is 2.97. The molecule has 0 aliphatic carbocycles. The van der Waals surface area contributed by atoms with Crippen molar-refractivity contribution in [1.82, 2.24) is 0 Å². The summed E-state index contributed by atoms with van der Waals surface area (Å²) < 4.78 is 0. The summed E-state index contributed by atoms with van der Waals surface area (Å²) >= 11 is 5.99. The van der Waals surface area contributed by atoms with Crippen LogP contribution in [0.1, 0.15) is 31.9 Å². The van der Waals surface area contributed by atoms with E-state index in [4.69, 9.17) is 11.6 Å². The molecule has 0 heterocycles. The van der Waals surface area contributed by atoms with Crippen LogP contribution in [-0.2, 0) is 16.0 Å². The highest BCUT2D eigenvalue weighted by Gasteiger charge is 2.25. The van der Waals surface area contributed by atoms with Crippen LogP contribution in [0.5, 0.6) is 0 Å². The van der Waals surface area contributed by atoms with Gasteiger partial charge in [-0.2, -0.15) is 0 Å². The van der Waals surface area contributed by atoms with Crippen molar-refractivity contribution in [3.63, 3.8) is 0 Å². The summed E-state index contributed by atoms with van der Waals surface area (Å²) in [6, 6.07) is 5.64. The van der Waals surface area contributed by atoms with Crippen LogP contribution in [-0.4, -0.2) is 11.6 Å². The van der Waals surface area contributed by atoms with Gasteiger partial charge in [0.2, 0.25) is 0 Å². The Morgan fingerprint density at radius 1 is 1.22 bits per heavy atom. The molecular weight excluding hydrogens is 248 g/mol. The zero-order chi connectivity index (χ0) is 13.9. The van der Waals surface area contributed by atoms with Crippen LogP contribution >= 0.6 is 11.6 Å². The second-order valence-corrected chi connectivity index (χ2v) is 5.50. The standard InChI is InChI=1S/C15H19ClO2/c1-9(2)15(18)14(11(4)17)8-12-5-10(3)6-13(16)7-12/h5-7,9,14H,8H2,1-4H3. The van der Waals surface area contributed by atoms with Crippen molar-refractivity contribution >= 4 is 23.2 Å². The SMILES string of the molecule is CC(=O)C(Cc1cc(C)cc(Cl)c1)C(=O)C(C)C. The van der Waals surface area contributed by atoms with Gasteiger partial charge in [-0.25, -0.2) is 0 Å². The second-order valence-electron chi connectivity index (χ2n) is 5.06. The Morgan fingerprint density at radius 2 is 1.83 bits per heavy atom. The van der Waals surface area contributed by atoms with E-state index >= 15 is 0 Å². The van der Waals surface area contributed by atoms with Gasteiger partial charge in [0, 0.05) is 10.9 Å². The van der Waals surface area contributed by atoms with Crippen LogP contribution in [0.2, 0.25) is 5.02 Å². The van der Waals surface area contributed by atoms with Crippen LogP contribution in [0.25, 0.3) is 0 Å². The monoisotopic (exact) mass is 266 g/mol. The zero-order valence-electron chi connectivity index (χ0n) is 11.3. The zero-order valence-corrected chi connectivity index (χ0v) is 12.0. The number of carbonyl (C=O) groups excluding carboxylic acids is 2. The normalized spacial score (nSPS) is 12.6. The topological polar surface area (TPSA) is 34.1 Å². The van der Waals surface area contributed by atoms with Gasteiger partial charge in [-0.15, -0.1) is 0 Å². The molecule has 3 heteroatoms. The summed E-state index contributed by atoms with van der Waals surface area (Å²) in [7, 11) is 0.